The van der Waals surface area contributed by atoms with Crippen LogP contribution in [0.4, 0.5) is 0 Å². The maximum atomic E-state index is 10.7. The number of rotatable bonds is 4. The molecule has 0 aromatic carbocycles. The maximum Gasteiger partial charge on any atom is 0.317 e. The van der Waals surface area contributed by atoms with Crippen molar-refractivity contribution in [1.82, 2.24) is 9.80 Å². The smallest absolute Gasteiger partial charge is 0.317 e. The average molecular weight is 296 g/mol. The highest BCUT2D eigenvalue weighted by Gasteiger charge is 2.30. The molecule has 2 fully saturated rings. The zero-order valence-electron chi connectivity index (χ0n) is 14.0. The van der Waals surface area contributed by atoms with Crippen LogP contribution >= 0.6 is 0 Å². The van der Waals surface area contributed by atoms with Gasteiger partial charge in [0, 0.05) is 32.7 Å². The summed E-state index contributed by atoms with van der Waals surface area (Å²) in [5.74, 6) is 1.04. The molecule has 2 aliphatic rings. The van der Waals surface area contributed by atoms with Crippen LogP contribution in [0.2, 0.25) is 0 Å². The molecule has 0 unspecified atom stereocenters. The molecule has 4 heteroatoms. The Labute approximate surface area is 129 Å². The second-order valence-electron chi connectivity index (χ2n) is 8.05. The Kier molecular flexibility index (Phi) is 5.67. The topological polar surface area (TPSA) is 43.8 Å². The molecule has 21 heavy (non-hydrogen) atoms. The van der Waals surface area contributed by atoms with Crippen LogP contribution in [0.1, 0.15) is 46.5 Å². The van der Waals surface area contributed by atoms with E-state index in [4.69, 9.17) is 5.11 Å². The van der Waals surface area contributed by atoms with Gasteiger partial charge in [-0.25, -0.2) is 0 Å². The minimum atomic E-state index is -0.705. The van der Waals surface area contributed by atoms with Crippen LogP contribution < -0.4 is 0 Å². The first-order chi connectivity index (χ1) is 9.84. The molecule has 1 aliphatic heterocycles. The molecule has 1 saturated heterocycles. The molecule has 2 rings (SSSR count). The first-order valence-electron chi connectivity index (χ1n) is 8.51. The van der Waals surface area contributed by atoms with Gasteiger partial charge in [-0.1, -0.05) is 20.8 Å². The Morgan fingerprint density at radius 1 is 1.00 bits per heavy atom. The monoisotopic (exact) mass is 296 g/mol. The maximum absolute atomic E-state index is 10.7. The average Bonchev–Trinajstić information content (AvgIpc) is 2.40. The summed E-state index contributed by atoms with van der Waals surface area (Å²) in [6, 6.07) is 0. The largest absolute Gasteiger partial charge is 0.480 e. The second kappa shape index (κ2) is 7.10. The summed E-state index contributed by atoms with van der Waals surface area (Å²) in [7, 11) is 0. The molecule has 0 radical (unpaired) electrons. The van der Waals surface area contributed by atoms with Gasteiger partial charge in [0.15, 0.2) is 0 Å². The first kappa shape index (κ1) is 16.8. The van der Waals surface area contributed by atoms with Crippen molar-refractivity contribution in [2.24, 2.45) is 17.3 Å². The molecule has 0 spiro atoms. The number of aliphatic carboxylic acids is 1. The summed E-state index contributed by atoms with van der Waals surface area (Å²) >= 11 is 0. The molecular weight excluding hydrogens is 264 g/mol. The lowest BCUT2D eigenvalue weighted by Gasteiger charge is -2.40. The number of piperazine rings is 1. The Bertz CT molecular complexity index is 335. The molecule has 1 N–H and O–H groups in total. The molecule has 0 aromatic heterocycles. The number of carboxylic acids is 1. The number of carboxylic acid groups (broad SMARTS) is 1. The normalized spacial score (nSPS) is 29.5. The van der Waals surface area contributed by atoms with Gasteiger partial charge in [-0.2, -0.15) is 0 Å². The summed E-state index contributed by atoms with van der Waals surface area (Å²) in [6.45, 7) is 12.4. The highest BCUT2D eigenvalue weighted by atomic mass is 16.4. The fraction of sp³-hybridized carbons (Fsp3) is 0.941. The lowest BCUT2D eigenvalue weighted by atomic mass is 9.70. The van der Waals surface area contributed by atoms with E-state index in [1.54, 1.807) is 0 Å². The summed E-state index contributed by atoms with van der Waals surface area (Å²) < 4.78 is 0. The Hall–Kier alpha value is -0.610. The van der Waals surface area contributed by atoms with Gasteiger partial charge in [-0.05, 0) is 42.9 Å². The molecule has 1 heterocycles. The molecule has 0 atom stereocenters. The highest BCUT2D eigenvalue weighted by molar-refractivity contribution is 5.69. The lowest BCUT2D eigenvalue weighted by Crippen LogP contribution is -2.49. The van der Waals surface area contributed by atoms with Gasteiger partial charge in [-0.3, -0.25) is 9.69 Å². The quantitative estimate of drug-likeness (QED) is 0.866. The van der Waals surface area contributed by atoms with Crippen molar-refractivity contribution in [3.8, 4) is 0 Å². The second-order valence-corrected chi connectivity index (χ2v) is 8.05. The van der Waals surface area contributed by atoms with E-state index >= 15 is 0 Å². The molecule has 0 aromatic rings. The predicted octanol–water partition coefficient (Wildman–Crippen LogP) is 2.54. The molecule has 1 saturated carbocycles. The van der Waals surface area contributed by atoms with Crippen LogP contribution in [0.5, 0.6) is 0 Å². The van der Waals surface area contributed by atoms with E-state index in [0.29, 0.717) is 5.41 Å². The van der Waals surface area contributed by atoms with E-state index in [9.17, 15) is 4.79 Å². The summed E-state index contributed by atoms with van der Waals surface area (Å²) in [6.07, 6.45) is 5.51. The van der Waals surface area contributed by atoms with Gasteiger partial charge in [0.25, 0.3) is 0 Å². The van der Waals surface area contributed by atoms with Gasteiger partial charge >= 0.3 is 5.97 Å². The van der Waals surface area contributed by atoms with Crippen molar-refractivity contribution in [3.63, 3.8) is 0 Å². The van der Waals surface area contributed by atoms with E-state index in [-0.39, 0.29) is 6.54 Å². The van der Waals surface area contributed by atoms with Crippen LogP contribution in [0, 0.1) is 17.3 Å². The van der Waals surface area contributed by atoms with E-state index in [1.165, 1.54) is 32.2 Å². The van der Waals surface area contributed by atoms with E-state index in [0.717, 1.165) is 38.0 Å². The predicted molar refractivity (Wildman–Crippen MR) is 85.4 cm³/mol. The van der Waals surface area contributed by atoms with Crippen molar-refractivity contribution >= 4 is 5.97 Å². The third-order valence-corrected chi connectivity index (χ3v) is 5.41. The zero-order chi connectivity index (χ0) is 15.5. The van der Waals surface area contributed by atoms with Crippen molar-refractivity contribution < 1.29 is 9.90 Å². The third-order valence-electron chi connectivity index (χ3n) is 5.41. The number of hydrogen-bond acceptors (Lipinski definition) is 3. The van der Waals surface area contributed by atoms with Crippen molar-refractivity contribution in [3.05, 3.63) is 0 Å². The molecule has 0 bridgehead atoms. The standard InChI is InChI=1S/C17H32N2O2/c1-17(2,3)15-6-4-14(5-7-15)12-18-8-10-19(11-9-18)13-16(20)21/h14-15H,4-13H2,1-3H3,(H,20,21). The first-order valence-corrected chi connectivity index (χ1v) is 8.51. The SMILES string of the molecule is CC(C)(C)C1CCC(CN2CCN(CC(=O)O)CC2)CC1. The van der Waals surface area contributed by atoms with Gasteiger partial charge in [0.2, 0.25) is 0 Å². The molecular formula is C17H32N2O2. The Balaban J connectivity index is 1.67. The van der Waals surface area contributed by atoms with Crippen LogP contribution in [0.15, 0.2) is 0 Å². The van der Waals surface area contributed by atoms with Crippen molar-refractivity contribution in [2.75, 3.05) is 39.3 Å². The van der Waals surface area contributed by atoms with Crippen LogP contribution in [0.25, 0.3) is 0 Å². The molecule has 1 aliphatic carbocycles. The molecule has 122 valence electrons. The minimum Gasteiger partial charge on any atom is -0.480 e. The van der Waals surface area contributed by atoms with Crippen molar-refractivity contribution in [1.29, 1.82) is 0 Å². The van der Waals surface area contributed by atoms with E-state index in [1.807, 2.05) is 0 Å². The van der Waals surface area contributed by atoms with Gasteiger partial charge in [-0.15, -0.1) is 0 Å². The summed E-state index contributed by atoms with van der Waals surface area (Å²) in [5, 5.41) is 8.83. The lowest BCUT2D eigenvalue weighted by molar-refractivity contribution is -0.138. The van der Waals surface area contributed by atoms with Gasteiger partial charge in [0.1, 0.15) is 0 Å². The highest BCUT2D eigenvalue weighted by Crippen LogP contribution is 2.39. The Morgan fingerprint density at radius 2 is 1.52 bits per heavy atom. The minimum absolute atomic E-state index is 0.199. The third kappa shape index (κ3) is 5.26. The van der Waals surface area contributed by atoms with Crippen LogP contribution in [-0.4, -0.2) is 60.1 Å². The van der Waals surface area contributed by atoms with Crippen LogP contribution in [-0.2, 0) is 4.79 Å². The number of carbonyl (C=O) groups is 1. The zero-order valence-corrected chi connectivity index (χ0v) is 14.0. The van der Waals surface area contributed by atoms with Gasteiger partial charge < -0.3 is 10.0 Å². The van der Waals surface area contributed by atoms with E-state index < -0.39 is 5.97 Å². The van der Waals surface area contributed by atoms with Gasteiger partial charge in [0.05, 0.1) is 6.54 Å². The summed E-state index contributed by atoms with van der Waals surface area (Å²) in [4.78, 5) is 15.3. The van der Waals surface area contributed by atoms with E-state index in [2.05, 4.69) is 30.6 Å². The Morgan fingerprint density at radius 3 is 2.00 bits per heavy atom. The molecule has 0 amide bonds. The number of hydrogen-bond donors (Lipinski definition) is 1. The fourth-order valence-electron chi connectivity index (χ4n) is 3.90. The van der Waals surface area contributed by atoms with Crippen molar-refractivity contribution in [2.45, 2.75) is 46.5 Å². The summed E-state index contributed by atoms with van der Waals surface area (Å²) in [5.41, 5.74) is 0.466. The molecule has 4 nitrogen and oxygen atoms in total. The number of nitrogens with zero attached hydrogens (tertiary/aromatic N) is 2. The van der Waals surface area contributed by atoms with Crippen LogP contribution in [0.3, 0.4) is 0 Å². The fourth-order valence-corrected chi connectivity index (χ4v) is 3.90.